The average Bonchev–Trinajstić information content (AvgIpc) is 3.25. The quantitative estimate of drug-likeness (QED) is 0.732. The van der Waals surface area contributed by atoms with Gasteiger partial charge in [0.15, 0.2) is 0 Å². The van der Waals surface area contributed by atoms with E-state index in [9.17, 15) is 18.0 Å². The van der Waals surface area contributed by atoms with E-state index in [2.05, 4.69) is 10.2 Å². The normalized spacial score (nSPS) is 23.3. The van der Waals surface area contributed by atoms with Crippen molar-refractivity contribution in [2.75, 3.05) is 27.2 Å². The van der Waals surface area contributed by atoms with Gasteiger partial charge in [-0.2, -0.15) is 18.3 Å². The Hall–Kier alpha value is -2.88. The van der Waals surface area contributed by atoms with Crippen LogP contribution in [-0.4, -0.2) is 70.8 Å². The number of carbonyl (C=O) groups excluding carboxylic acids is 1. The number of aromatic nitrogens is 2. The smallest absolute Gasteiger partial charge is 0.347 e. The van der Waals surface area contributed by atoms with Crippen molar-refractivity contribution in [3.05, 3.63) is 52.3 Å². The fourth-order valence-corrected chi connectivity index (χ4v) is 4.45. The fraction of sp³-hybridized carbons (Fsp3) is 0.429. The van der Waals surface area contributed by atoms with Gasteiger partial charge in [0.25, 0.3) is 5.91 Å². The largest absolute Gasteiger partial charge is 0.417 e. The minimum absolute atomic E-state index is 0.167. The lowest BCUT2D eigenvalue weighted by atomic mass is 9.71. The second kappa shape index (κ2) is 7.91. The second-order valence-corrected chi connectivity index (χ2v) is 8.73. The fourth-order valence-electron chi connectivity index (χ4n) is 4.13. The molecular formula is C21H22ClF3N6O. The van der Waals surface area contributed by atoms with Crippen LogP contribution in [0.3, 0.4) is 0 Å². The Morgan fingerprint density at radius 3 is 2.69 bits per heavy atom. The van der Waals surface area contributed by atoms with Crippen LogP contribution in [0.5, 0.6) is 0 Å². The number of alkyl halides is 3. The zero-order valence-electron chi connectivity index (χ0n) is 17.7. The lowest BCUT2D eigenvalue weighted by Gasteiger charge is -2.46. The Labute approximate surface area is 188 Å². The van der Waals surface area contributed by atoms with Crippen molar-refractivity contribution in [1.82, 2.24) is 20.0 Å². The number of aliphatic imine (C=N–C) groups is 2. The first-order valence-electron chi connectivity index (χ1n) is 10.0. The molecule has 2 unspecified atom stereocenters. The Kier molecular flexibility index (Phi) is 5.52. The highest BCUT2D eigenvalue weighted by molar-refractivity contribution is 6.34. The summed E-state index contributed by atoms with van der Waals surface area (Å²) >= 11 is 6.00. The number of nitrogens with one attached hydrogen (secondary N) is 1. The van der Waals surface area contributed by atoms with E-state index in [-0.39, 0.29) is 18.2 Å². The van der Waals surface area contributed by atoms with Gasteiger partial charge in [0.2, 0.25) is 5.96 Å². The molecule has 4 rings (SSSR count). The molecule has 3 heterocycles. The van der Waals surface area contributed by atoms with Crippen LogP contribution in [0.4, 0.5) is 13.2 Å². The number of carbonyl (C=O) groups is 1. The second-order valence-electron chi connectivity index (χ2n) is 8.35. The maximum atomic E-state index is 13.2. The van der Waals surface area contributed by atoms with Crippen LogP contribution in [0.15, 0.2) is 40.4 Å². The number of hydrogen-bond acceptors (Lipinski definition) is 5. The minimum atomic E-state index is -4.64. The van der Waals surface area contributed by atoms with Gasteiger partial charge in [0.1, 0.15) is 0 Å². The third-order valence-electron chi connectivity index (χ3n) is 6.03. The molecule has 0 saturated carbocycles. The van der Waals surface area contributed by atoms with Gasteiger partial charge in [0.05, 0.1) is 33.6 Å². The van der Waals surface area contributed by atoms with E-state index < -0.39 is 28.1 Å². The van der Waals surface area contributed by atoms with Crippen molar-refractivity contribution in [3.63, 3.8) is 0 Å². The molecule has 2 atom stereocenters. The number of benzene rings is 1. The number of guanidine groups is 1. The van der Waals surface area contributed by atoms with E-state index in [0.29, 0.717) is 18.9 Å². The van der Waals surface area contributed by atoms with E-state index in [1.165, 1.54) is 17.0 Å². The van der Waals surface area contributed by atoms with Gasteiger partial charge >= 0.3 is 6.18 Å². The standard InChI is InChI=1S/C21H22ClF3N6O/c1-20-8-10-31(18(32)12-5-4-6-13(16(12)22)21(23,24)25)11-15(20)27-19(30(2)3)28-17(20)14-7-9-26-29-14/h4-7,9,15H,8,10-11H2,1-3H3,(H,26,29). The molecule has 2 aliphatic rings. The molecule has 0 spiro atoms. The van der Waals surface area contributed by atoms with Gasteiger partial charge in [-0.25, -0.2) is 9.98 Å². The van der Waals surface area contributed by atoms with Crippen LogP contribution in [0.25, 0.3) is 0 Å². The molecule has 1 N–H and O–H groups in total. The van der Waals surface area contributed by atoms with Crippen LogP contribution in [0.2, 0.25) is 5.02 Å². The van der Waals surface area contributed by atoms with E-state index >= 15 is 0 Å². The Balaban J connectivity index is 1.66. The maximum Gasteiger partial charge on any atom is 0.417 e. The highest BCUT2D eigenvalue weighted by Gasteiger charge is 2.48. The summed E-state index contributed by atoms with van der Waals surface area (Å²) in [5, 5.41) is 6.40. The molecule has 7 nitrogen and oxygen atoms in total. The van der Waals surface area contributed by atoms with E-state index in [4.69, 9.17) is 21.6 Å². The molecule has 1 aromatic carbocycles. The van der Waals surface area contributed by atoms with E-state index in [1.807, 2.05) is 27.1 Å². The van der Waals surface area contributed by atoms with Gasteiger partial charge in [-0.3, -0.25) is 9.89 Å². The van der Waals surface area contributed by atoms with Crippen LogP contribution in [-0.2, 0) is 6.18 Å². The van der Waals surface area contributed by atoms with Crippen molar-refractivity contribution in [3.8, 4) is 0 Å². The summed E-state index contributed by atoms with van der Waals surface area (Å²) in [6, 6.07) is 4.88. The van der Waals surface area contributed by atoms with E-state index in [0.717, 1.165) is 17.5 Å². The summed E-state index contributed by atoms with van der Waals surface area (Å²) < 4.78 is 39.7. The third-order valence-corrected chi connectivity index (χ3v) is 6.44. The molecule has 0 radical (unpaired) electrons. The number of halogens is 4. The zero-order valence-corrected chi connectivity index (χ0v) is 18.5. The topological polar surface area (TPSA) is 77.0 Å². The predicted molar refractivity (Wildman–Crippen MR) is 115 cm³/mol. The van der Waals surface area contributed by atoms with Crippen molar-refractivity contribution in [2.24, 2.45) is 15.4 Å². The minimum Gasteiger partial charge on any atom is -0.347 e. The van der Waals surface area contributed by atoms with Crippen molar-refractivity contribution >= 4 is 29.2 Å². The highest BCUT2D eigenvalue weighted by Crippen LogP contribution is 2.41. The third kappa shape index (κ3) is 3.76. The monoisotopic (exact) mass is 466 g/mol. The molecule has 0 bridgehead atoms. The molecule has 32 heavy (non-hydrogen) atoms. The van der Waals surface area contributed by atoms with Crippen molar-refractivity contribution in [1.29, 1.82) is 0 Å². The molecule has 1 fully saturated rings. The molecular weight excluding hydrogens is 445 g/mol. The van der Waals surface area contributed by atoms with E-state index in [1.54, 1.807) is 11.1 Å². The Bertz CT molecular complexity index is 1100. The predicted octanol–water partition coefficient (Wildman–Crippen LogP) is 3.72. The molecule has 170 valence electrons. The van der Waals surface area contributed by atoms with Gasteiger partial charge in [-0.1, -0.05) is 24.6 Å². The number of aromatic amines is 1. The number of likely N-dealkylation sites (tertiary alicyclic amines) is 1. The molecule has 1 amide bonds. The van der Waals surface area contributed by atoms with Gasteiger partial charge in [-0.05, 0) is 24.6 Å². The maximum absolute atomic E-state index is 13.2. The first-order chi connectivity index (χ1) is 15.0. The van der Waals surface area contributed by atoms with Gasteiger partial charge in [0, 0.05) is 38.8 Å². The number of amides is 1. The molecule has 0 aliphatic carbocycles. The summed E-state index contributed by atoms with van der Waals surface area (Å²) in [5.74, 6) is -0.0427. The lowest BCUT2D eigenvalue weighted by molar-refractivity contribution is -0.137. The SMILES string of the molecule is CN(C)C1=NC2CN(C(=O)c3cccc(C(F)(F)F)c3Cl)CCC2(C)C(c2ccn[nH]2)=N1. The molecule has 1 saturated heterocycles. The first kappa shape index (κ1) is 22.3. The van der Waals surface area contributed by atoms with Gasteiger partial charge < -0.3 is 9.80 Å². The van der Waals surface area contributed by atoms with Crippen LogP contribution in [0.1, 0.15) is 35.0 Å². The number of piperidine rings is 1. The zero-order chi connectivity index (χ0) is 23.3. The van der Waals surface area contributed by atoms with Gasteiger partial charge in [-0.15, -0.1) is 0 Å². The highest BCUT2D eigenvalue weighted by atomic mass is 35.5. The summed E-state index contributed by atoms with van der Waals surface area (Å²) in [6.45, 7) is 2.59. The number of nitrogens with zero attached hydrogens (tertiary/aromatic N) is 5. The Morgan fingerprint density at radius 2 is 2.06 bits per heavy atom. The molecule has 1 aromatic heterocycles. The van der Waals surface area contributed by atoms with Crippen molar-refractivity contribution in [2.45, 2.75) is 25.6 Å². The molecule has 2 aromatic rings. The van der Waals surface area contributed by atoms with Crippen molar-refractivity contribution < 1.29 is 18.0 Å². The van der Waals surface area contributed by atoms with Crippen LogP contribution in [0, 0.1) is 5.41 Å². The Morgan fingerprint density at radius 1 is 1.31 bits per heavy atom. The first-order valence-corrected chi connectivity index (χ1v) is 10.4. The average molecular weight is 467 g/mol. The number of rotatable bonds is 2. The molecule has 11 heteroatoms. The summed E-state index contributed by atoms with van der Waals surface area (Å²) in [4.78, 5) is 26.0. The number of hydrogen-bond donors (Lipinski definition) is 1. The number of H-pyrrole nitrogens is 1. The molecule has 2 aliphatic heterocycles. The number of fused-ring (bicyclic) bond motifs is 1. The summed E-state index contributed by atoms with van der Waals surface area (Å²) in [7, 11) is 3.65. The van der Waals surface area contributed by atoms with Crippen LogP contribution >= 0.6 is 11.6 Å². The lowest BCUT2D eigenvalue weighted by Crippen LogP contribution is -2.56. The van der Waals surface area contributed by atoms with Crippen LogP contribution < -0.4 is 0 Å². The summed E-state index contributed by atoms with van der Waals surface area (Å²) in [5.41, 5.74) is -0.0953. The summed E-state index contributed by atoms with van der Waals surface area (Å²) in [6.07, 6.45) is -2.47.